The van der Waals surface area contributed by atoms with E-state index in [2.05, 4.69) is 42.0 Å². The van der Waals surface area contributed by atoms with Crippen LogP contribution in [0.25, 0.3) is 11.1 Å². The maximum absolute atomic E-state index is 12.2. The third kappa shape index (κ3) is 3.53. The van der Waals surface area contributed by atoms with Gasteiger partial charge in [-0.2, -0.15) is 4.98 Å². The van der Waals surface area contributed by atoms with Crippen LogP contribution in [-0.4, -0.2) is 22.5 Å². The smallest absolute Gasteiger partial charge is 0.342 e. The standard InChI is InChI=1S/C19H21N3O3S/c1-5-24-19(23)15-12(4)25-18-16(15)17(20)21-14(22-18)9-26-13-7-6-10(2)8-11(13)3/h6-8H,5,9H2,1-4H3,(H2,20,21,22). The van der Waals surface area contributed by atoms with Crippen LogP contribution < -0.4 is 5.73 Å². The topological polar surface area (TPSA) is 91.2 Å². The molecule has 0 aliphatic carbocycles. The monoisotopic (exact) mass is 371 g/mol. The predicted octanol–water partition coefficient (Wildman–Crippen LogP) is 4.20. The van der Waals surface area contributed by atoms with Crippen LogP contribution in [0.3, 0.4) is 0 Å². The quantitative estimate of drug-likeness (QED) is 0.531. The molecule has 0 saturated heterocycles. The number of anilines is 1. The van der Waals surface area contributed by atoms with E-state index in [0.29, 0.717) is 34.0 Å². The van der Waals surface area contributed by atoms with E-state index in [1.165, 1.54) is 16.0 Å². The summed E-state index contributed by atoms with van der Waals surface area (Å²) in [5.41, 5.74) is 9.15. The molecule has 136 valence electrons. The summed E-state index contributed by atoms with van der Waals surface area (Å²) in [6.45, 7) is 7.86. The van der Waals surface area contributed by atoms with Crippen molar-refractivity contribution in [2.45, 2.75) is 38.3 Å². The molecular formula is C19H21N3O3S. The number of carbonyl (C=O) groups excluding carboxylic acids is 1. The molecule has 0 atom stereocenters. The SMILES string of the molecule is CCOC(=O)c1c(C)oc2nc(CSc3ccc(C)cc3C)nc(N)c12. The molecule has 2 heterocycles. The molecule has 26 heavy (non-hydrogen) atoms. The molecule has 0 spiro atoms. The van der Waals surface area contributed by atoms with E-state index in [4.69, 9.17) is 14.9 Å². The number of nitrogen functional groups attached to an aromatic ring is 1. The molecule has 1 aromatic carbocycles. The molecule has 3 rings (SSSR count). The van der Waals surface area contributed by atoms with Gasteiger partial charge in [0, 0.05) is 4.90 Å². The van der Waals surface area contributed by atoms with Crippen molar-refractivity contribution in [3.8, 4) is 0 Å². The number of esters is 1. The molecule has 0 radical (unpaired) electrons. The number of carbonyl (C=O) groups is 1. The molecule has 2 N–H and O–H groups in total. The van der Waals surface area contributed by atoms with Gasteiger partial charge in [0.15, 0.2) is 0 Å². The second kappa shape index (κ2) is 7.37. The average molecular weight is 371 g/mol. The van der Waals surface area contributed by atoms with Gasteiger partial charge in [-0.3, -0.25) is 0 Å². The number of benzene rings is 1. The summed E-state index contributed by atoms with van der Waals surface area (Å²) in [5.74, 6) is 1.30. The second-order valence-corrected chi connectivity index (χ2v) is 7.03. The Morgan fingerprint density at radius 1 is 1.27 bits per heavy atom. The minimum Gasteiger partial charge on any atom is -0.462 e. The Balaban J connectivity index is 1.90. The molecule has 0 saturated carbocycles. The Kier molecular flexibility index (Phi) is 5.18. The predicted molar refractivity (Wildman–Crippen MR) is 102 cm³/mol. The molecule has 6 nitrogen and oxygen atoms in total. The van der Waals surface area contributed by atoms with E-state index in [9.17, 15) is 4.79 Å². The minimum absolute atomic E-state index is 0.228. The molecule has 0 aliphatic rings. The van der Waals surface area contributed by atoms with E-state index in [-0.39, 0.29) is 12.4 Å². The van der Waals surface area contributed by atoms with Gasteiger partial charge in [0.05, 0.1) is 17.7 Å². The average Bonchev–Trinajstić information content (AvgIpc) is 2.91. The van der Waals surface area contributed by atoms with Gasteiger partial charge in [0.25, 0.3) is 0 Å². The highest BCUT2D eigenvalue weighted by atomic mass is 32.2. The summed E-state index contributed by atoms with van der Waals surface area (Å²) in [7, 11) is 0. The molecule has 3 aromatic rings. The number of hydrogen-bond acceptors (Lipinski definition) is 7. The third-order valence-electron chi connectivity index (χ3n) is 3.97. The number of nitrogens with two attached hydrogens (primary N) is 1. The second-order valence-electron chi connectivity index (χ2n) is 6.02. The third-order valence-corrected chi connectivity index (χ3v) is 5.14. The van der Waals surface area contributed by atoms with E-state index in [1.54, 1.807) is 25.6 Å². The number of ether oxygens (including phenoxy) is 1. The van der Waals surface area contributed by atoms with Crippen LogP contribution >= 0.6 is 11.8 Å². The fourth-order valence-electron chi connectivity index (χ4n) is 2.80. The maximum atomic E-state index is 12.2. The number of thioether (sulfide) groups is 1. The first-order valence-corrected chi connectivity index (χ1v) is 9.32. The number of fused-ring (bicyclic) bond motifs is 1. The highest BCUT2D eigenvalue weighted by Crippen LogP contribution is 2.31. The first-order chi connectivity index (χ1) is 12.4. The van der Waals surface area contributed by atoms with Gasteiger partial charge >= 0.3 is 5.97 Å². The molecule has 0 aliphatic heterocycles. The van der Waals surface area contributed by atoms with Crippen LogP contribution in [0.5, 0.6) is 0 Å². The summed E-state index contributed by atoms with van der Waals surface area (Å²) in [6, 6.07) is 6.31. The van der Waals surface area contributed by atoms with Crippen LogP contribution in [0, 0.1) is 20.8 Å². The van der Waals surface area contributed by atoms with Crippen molar-refractivity contribution in [3.63, 3.8) is 0 Å². The number of aromatic nitrogens is 2. The molecule has 0 fully saturated rings. The summed E-state index contributed by atoms with van der Waals surface area (Å²) in [4.78, 5) is 22.1. The van der Waals surface area contributed by atoms with Crippen molar-refractivity contribution in [1.82, 2.24) is 9.97 Å². The number of rotatable bonds is 5. The number of hydrogen-bond donors (Lipinski definition) is 1. The van der Waals surface area contributed by atoms with E-state index >= 15 is 0 Å². The van der Waals surface area contributed by atoms with Crippen molar-refractivity contribution in [2.75, 3.05) is 12.3 Å². The van der Waals surface area contributed by atoms with Gasteiger partial charge in [-0.25, -0.2) is 9.78 Å². The van der Waals surface area contributed by atoms with Crippen LogP contribution in [0.4, 0.5) is 5.82 Å². The molecule has 7 heteroatoms. The van der Waals surface area contributed by atoms with Crippen molar-refractivity contribution in [1.29, 1.82) is 0 Å². The van der Waals surface area contributed by atoms with E-state index in [0.717, 1.165) is 0 Å². The van der Waals surface area contributed by atoms with E-state index in [1.807, 2.05) is 0 Å². The summed E-state index contributed by atoms with van der Waals surface area (Å²) in [5, 5.41) is 0.418. The normalized spacial score (nSPS) is 11.1. The van der Waals surface area contributed by atoms with Gasteiger partial charge < -0.3 is 14.9 Å². The zero-order chi connectivity index (χ0) is 18.8. The Labute approximate surface area is 156 Å². The lowest BCUT2D eigenvalue weighted by Gasteiger charge is -2.07. The Morgan fingerprint density at radius 3 is 2.73 bits per heavy atom. The highest BCUT2D eigenvalue weighted by molar-refractivity contribution is 7.98. The molecular weight excluding hydrogens is 350 g/mol. The lowest BCUT2D eigenvalue weighted by Crippen LogP contribution is -2.07. The Bertz CT molecular complexity index is 982. The first-order valence-electron chi connectivity index (χ1n) is 8.33. The van der Waals surface area contributed by atoms with Crippen LogP contribution in [-0.2, 0) is 10.5 Å². The van der Waals surface area contributed by atoms with Crippen molar-refractivity contribution < 1.29 is 13.9 Å². The minimum atomic E-state index is -0.476. The summed E-state index contributed by atoms with van der Waals surface area (Å²) in [6.07, 6.45) is 0. The van der Waals surface area contributed by atoms with Gasteiger partial charge in [-0.1, -0.05) is 17.7 Å². The van der Waals surface area contributed by atoms with Crippen LogP contribution in [0.15, 0.2) is 27.5 Å². The first kappa shape index (κ1) is 18.3. The van der Waals surface area contributed by atoms with Crippen molar-refractivity contribution in [2.24, 2.45) is 0 Å². The molecule has 0 unspecified atom stereocenters. The van der Waals surface area contributed by atoms with Crippen LogP contribution in [0.1, 0.15) is 40.0 Å². The zero-order valence-electron chi connectivity index (χ0n) is 15.3. The van der Waals surface area contributed by atoms with Gasteiger partial charge in [-0.05, 0) is 39.3 Å². The number of nitrogens with zero attached hydrogens (tertiary/aromatic N) is 2. The lowest BCUT2D eigenvalue weighted by molar-refractivity contribution is 0.0526. The molecule has 0 amide bonds. The van der Waals surface area contributed by atoms with Crippen molar-refractivity contribution >= 4 is 34.6 Å². The zero-order valence-corrected chi connectivity index (χ0v) is 16.1. The van der Waals surface area contributed by atoms with Crippen molar-refractivity contribution in [3.05, 3.63) is 46.5 Å². The largest absolute Gasteiger partial charge is 0.462 e. The Hall–Kier alpha value is -2.54. The van der Waals surface area contributed by atoms with Crippen LogP contribution in [0.2, 0.25) is 0 Å². The fraction of sp³-hybridized carbons (Fsp3) is 0.316. The highest BCUT2D eigenvalue weighted by Gasteiger charge is 2.23. The molecule has 2 aromatic heterocycles. The Morgan fingerprint density at radius 2 is 2.04 bits per heavy atom. The fourth-order valence-corrected chi connectivity index (χ4v) is 3.67. The summed E-state index contributed by atoms with van der Waals surface area (Å²) >= 11 is 1.64. The van der Waals surface area contributed by atoms with Gasteiger partial charge in [0.1, 0.15) is 23.0 Å². The lowest BCUT2D eigenvalue weighted by atomic mass is 10.2. The van der Waals surface area contributed by atoms with E-state index < -0.39 is 5.97 Å². The maximum Gasteiger partial charge on any atom is 0.342 e. The van der Waals surface area contributed by atoms with Gasteiger partial charge in [0.2, 0.25) is 5.71 Å². The number of aryl methyl sites for hydroxylation is 3. The number of furan rings is 1. The molecule has 0 bridgehead atoms. The summed E-state index contributed by atoms with van der Waals surface area (Å²) < 4.78 is 10.7. The van der Waals surface area contributed by atoms with Gasteiger partial charge in [-0.15, -0.1) is 11.8 Å².